The van der Waals surface area contributed by atoms with Crippen LogP contribution in [0.5, 0.6) is 5.75 Å². The van der Waals surface area contributed by atoms with Gasteiger partial charge in [-0.1, -0.05) is 24.3 Å². The molecule has 10 nitrogen and oxygen atoms in total. The second-order valence-corrected chi connectivity index (χ2v) is 8.61. The van der Waals surface area contributed by atoms with Gasteiger partial charge in [0.2, 0.25) is 5.91 Å². The Morgan fingerprint density at radius 3 is 2.33 bits per heavy atom. The lowest BCUT2D eigenvalue weighted by Gasteiger charge is -2.36. The summed E-state index contributed by atoms with van der Waals surface area (Å²) in [6.45, 7) is 0.501. The van der Waals surface area contributed by atoms with Crippen molar-refractivity contribution >= 4 is 24.0 Å². The number of likely N-dealkylation sites (N-methyl/N-ethyl adjacent to an activating group) is 1. The molecule has 1 fully saturated rings. The monoisotopic (exact) mass is 496 g/mol. The molecule has 0 aliphatic carbocycles. The van der Waals surface area contributed by atoms with E-state index >= 15 is 0 Å². The van der Waals surface area contributed by atoms with E-state index in [2.05, 4.69) is 5.10 Å². The SMILES string of the molecule is COc1ccc(CC(C(=O)N2CCC(OCC(=O)O)CC2)N(C)C(=O)c2ccc(/C=N/N)cc2)cc1. The number of nitrogens with zero attached hydrogens (tertiary/aromatic N) is 3. The van der Waals surface area contributed by atoms with Crippen molar-refractivity contribution in [2.24, 2.45) is 10.9 Å². The van der Waals surface area contributed by atoms with Gasteiger partial charge in [0.05, 0.1) is 19.4 Å². The average molecular weight is 497 g/mol. The first kappa shape index (κ1) is 26.7. The van der Waals surface area contributed by atoms with Gasteiger partial charge in [0, 0.05) is 32.1 Å². The lowest BCUT2D eigenvalue weighted by molar-refractivity contribution is -0.147. The van der Waals surface area contributed by atoms with Crippen LogP contribution in [0.4, 0.5) is 0 Å². The Bertz CT molecular complexity index is 1060. The van der Waals surface area contributed by atoms with Gasteiger partial charge < -0.3 is 30.2 Å². The number of piperidine rings is 1. The predicted octanol–water partition coefficient (Wildman–Crippen LogP) is 1.76. The number of carboxylic acid groups (broad SMARTS) is 1. The van der Waals surface area contributed by atoms with Crippen LogP contribution in [0, 0.1) is 0 Å². The number of benzene rings is 2. The van der Waals surface area contributed by atoms with Crippen molar-refractivity contribution in [3.8, 4) is 5.75 Å². The van der Waals surface area contributed by atoms with Crippen LogP contribution < -0.4 is 10.6 Å². The van der Waals surface area contributed by atoms with Crippen LogP contribution in [0.2, 0.25) is 0 Å². The standard InChI is InChI=1S/C26H32N4O6/c1-29(25(33)20-7-3-19(4-8-20)16-28-27)23(15-18-5-9-21(35-2)10-6-18)26(34)30-13-11-22(12-14-30)36-17-24(31)32/h3-10,16,22-23H,11-15,17,27H2,1-2H3,(H,31,32)/b28-16+. The van der Waals surface area contributed by atoms with Gasteiger partial charge in [0.25, 0.3) is 5.91 Å². The molecule has 0 bridgehead atoms. The van der Waals surface area contributed by atoms with Crippen LogP contribution in [-0.2, 0) is 20.7 Å². The second-order valence-electron chi connectivity index (χ2n) is 8.61. The Morgan fingerprint density at radius 1 is 1.14 bits per heavy atom. The molecule has 192 valence electrons. The van der Waals surface area contributed by atoms with E-state index in [-0.39, 0.29) is 24.5 Å². The quantitative estimate of drug-likeness (QED) is 0.291. The van der Waals surface area contributed by atoms with Gasteiger partial charge in [0.1, 0.15) is 18.4 Å². The molecule has 1 heterocycles. The molecule has 2 aromatic carbocycles. The van der Waals surface area contributed by atoms with Crippen LogP contribution in [-0.4, -0.2) is 84.9 Å². The van der Waals surface area contributed by atoms with Crippen molar-refractivity contribution in [1.82, 2.24) is 9.80 Å². The lowest BCUT2D eigenvalue weighted by Crippen LogP contribution is -2.53. The number of hydrogen-bond donors (Lipinski definition) is 2. The lowest BCUT2D eigenvalue weighted by atomic mass is 10.00. The number of likely N-dealkylation sites (tertiary alicyclic amines) is 1. The Hall–Kier alpha value is -3.92. The molecular formula is C26H32N4O6. The van der Waals surface area contributed by atoms with Crippen LogP contribution in [0.1, 0.15) is 34.3 Å². The molecule has 2 aromatic rings. The van der Waals surface area contributed by atoms with Gasteiger partial charge in [0.15, 0.2) is 0 Å². The summed E-state index contributed by atoms with van der Waals surface area (Å²) in [6.07, 6.45) is 2.68. The molecule has 3 N–H and O–H groups in total. The summed E-state index contributed by atoms with van der Waals surface area (Å²) in [5, 5.41) is 12.3. The molecule has 10 heteroatoms. The maximum Gasteiger partial charge on any atom is 0.329 e. The van der Waals surface area contributed by atoms with Crippen molar-refractivity contribution in [1.29, 1.82) is 0 Å². The van der Waals surface area contributed by atoms with Crippen LogP contribution in [0.3, 0.4) is 0 Å². The number of hydrazone groups is 1. The average Bonchev–Trinajstić information content (AvgIpc) is 2.90. The molecule has 0 spiro atoms. The first-order valence-corrected chi connectivity index (χ1v) is 11.7. The molecule has 1 unspecified atom stereocenters. The molecule has 0 aromatic heterocycles. The largest absolute Gasteiger partial charge is 0.497 e. The number of nitrogens with two attached hydrogens (primary N) is 1. The highest BCUT2D eigenvalue weighted by atomic mass is 16.5. The van der Waals surface area contributed by atoms with Gasteiger partial charge in [-0.25, -0.2) is 4.79 Å². The minimum Gasteiger partial charge on any atom is -0.497 e. The smallest absolute Gasteiger partial charge is 0.329 e. The Kier molecular flexibility index (Phi) is 9.40. The van der Waals surface area contributed by atoms with E-state index < -0.39 is 12.0 Å². The molecule has 0 saturated carbocycles. The van der Waals surface area contributed by atoms with Crippen molar-refractivity contribution in [3.63, 3.8) is 0 Å². The number of aliphatic carboxylic acids is 1. The Balaban J connectivity index is 1.77. The third-order valence-corrected chi connectivity index (χ3v) is 6.24. The highest BCUT2D eigenvalue weighted by molar-refractivity contribution is 5.98. The van der Waals surface area contributed by atoms with Gasteiger partial charge in [-0.05, 0) is 48.2 Å². The van der Waals surface area contributed by atoms with Crippen molar-refractivity contribution in [2.45, 2.75) is 31.4 Å². The zero-order valence-electron chi connectivity index (χ0n) is 20.5. The zero-order valence-corrected chi connectivity index (χ0v) is 20.5. The molecule has 0 radical (unpaired) electrons. The molecule has 2 amide bonds. The maximum atomic E-state index is 13.7. The minimum atomic E-state index is -1.02. The summed E-state index contributed by atoms with van der Waals surface area (Å²) in [5.74, 6) is 4.44. The van der Waals surface area contributed by atoms with E-state index in [1.165, 1.54) is 11.1 Å². The maximum absolute atomic E-state index is 13.7. The highest BCUT2D eigenvalue weighted by Gasteiger charge is 2.33. The van der Waals surface area contributed by atoms with Crippen LogP contribution in [0.25, 0.3) is 0 Å². The van der Waals surface area contributed by atoms with Crippen molar-refractivity contribution < 1.29 is 29.0 Å². The third kappa shape index (κ3) is 7.05. The Labute approximate surface area is 210 Å². The van der Waals surface area contributed by atoms with E-state index in [1.807, 2.05) is 24.3 Å². The Morgan fingerprint density at radius 2 is 1.78 bits per heavy atom. The van der Waals surface area contributed by atoms with Crippen molar-refractivity contribution in [3.05, 3.63) is 65.2 Å². The van der Waals surface area contributed by atoms with E-state index in [4.69, 9.17) is 20.4 Å². The topological polar surface area (TPSA) is 135 Å². The molecule has 1 saturated heterocycles. The molecule has 1 atom stereocenters. The molecule has 3 rings (SSSR count). The van der Waals surface area contributed by atoms with E-state index in [9.17, 15) is 14.4 Å². The summed E-state index contributed by atoms with van der Waals surface area (Å²) in [4.78, 5) is 41.0. The van der Waals surface area contributed by atoms with Gasteiger partial charge in [-0.15, -0.1) is 0 Å². The fourth-order valence-corrected chi connectivity index (χ4v) is 4.16. The van der Waals surface area contributed by atoms with Gasteiger partial charge in [-0.2, -0.15) is 5.10 Å². The van der Waals surface area contributed by atoms with E-state index in [0.29, 0.717) is 43.7 Å². The number of carbonyl (C=O) groups is 3. The van der Waals surface area contributed by atoms with Gasteiger partial charge in [-0.3, -0.25) is 9.59 Å². The number of carbonyl (C=O) groups excluding carboxylic acids is 2. The molecule has 1 aliphatic heterocycles. The summed E-state index contributed by atoms with van der Waals surface area (Å²) in [6, 6.07) is 13.5. The van der Waals surface area contributed by atoms with E-state index in [1.54, 1.807) is 43.3 Å². The predicted molar refractivity (Wildman–Crippen MR) is 134 cm³/mol. The summed E-state index contributed by atoms with van der Waals surface area (Å²) in [7, 11) is 3.22. The number of carboxylic acids is 1. The molecular weight excluding hydrogens is 464 g/mol. The van der Waals surface area contributed by atoms with E-state index in [0.717, 1.165) is 11.1 Å². The number of hydrogen-bond acceptors (Lipinski definition) is 7. The fourth-order valence-electron chi connectivity index (χ4n) is 4.16. The fraction of sp³-hybridized carbons (Fsp3) is 0.385. The molecule has 36 heavy (non-hydrogen) atoms. The van der Waals surface area contributed by atoms with Crippen molar-refractivity contribution in [2.75, 3.05) is 33.9 Å². The number of rotatable bonds is 10. The number of ether oxygens (including phenoxy) is 2. The minimum absolute atomic E-state index is 0.162. The van der Waals surface area contributed by atoms with Gasteiger partial charge >= 0.3 is 5.97 Å². The summed E-state index contributed by atoms with van der Waals surface area (Å²) >= 11 is 0. The number of methoxy groups -OCH3 is 1. The highest BCUT2D eigenvalue weighted by Crippen LogP contribution is 2.20. The first-order valence-electron chi connectivity index (χ1n) is 11.7. The number of amides is 2. The zero-order chi connectivity index (χ0) is 26.1. The summed E-state index contributed by atoms with van der Waals surface area (Å²) < 4.78 is 10.6. The van der Waals surface area contributed by atoms with Crippen LogP contribution in [0.15, 0.2) is 53.6 Å². The third-order valence-electron chi connectivity index (χ3n) is 6.24. The summed E-state index contributed by atoms with van der Waals surface area (Å²) in [5.41, 5.74) is 2.10. The second kappa shape index (κ2) is 12.7. The normalized spacial score (nSPS) is 15.0. The molecule has 1 aliphatic rings. The first-order chi connectivity index (χ1) is 17.3. The van der Waals surface area contributed by atoms with Crippen LogP contribution >= 0.6 is 0 Å².